The number of carbonyl (C=O) groups excluding carboxylic acids is 2. The van der Waals surface area contributed by atoms with Crippen LogP contribution in [0.2, 0.25) is 0 Å². The van der Waals surface area contributed by atoms with Gasteiger partial charge in [-0.1, -0.05) is 0 Å². The molecule has 70 valence electrons. The van der Waals surface area contributed by atoms with E-state index in [9.17, 15) is 9.59 Å². The molecule has 0 unspecified atom stereocenters. The zero-order chi connectivity index (χ0) is 9.72. The van der Waals surface area contributed by atoms with Crippen molar-refractivity contribution < 1.29 is 79.6 Å². The molecule has 0 aliphatic heterocycles. The van der Waals surface area contributed by atoms with Crippen LogP contribution in [0.1, 0.15) is 2.85 Å². The van der Waals surface area contributed by atoms with Crippen molar-refractivity contribution in [3.05, 3.63) is 0 Å². The van der Waals surface area contributed by atoms with Crippen molar-refractivity contribution in [1.29, 1.82) is 0 Å². The Hall–Kier alpha value is 0.105. The van der Waals surface area contributed by atoms with Gasteiger partial charge in [0.15, 0.2) is 0 Å². The molecule has 14 heavy (non-hydrogen) atoms. The van der Waals surface area contributed by atoms with E-state index in [4.69, 9.17) is 20.1 Å². The van der Waals surface area contributed by atoms with Gasteiger partial charge in [0.1, 0.15) is 0 Å². The van der Waals surface area contributed by atoms with Gasteiger partial charge in [-0.05, 0) is 0 Å². The van der Waals surface area contributed by atoms with Gasteiger partial charge in [0.2, 0.25) is 0 Å². The minimum Gasteiger partial charge on any atom is -1.00 e. The van der Waals surface area contributed by atoms with Crippen LogP contribution in [0.4, 0.5) is 0 Å². The molecule has 0 atom stereocenters. The number of hydrogen-bond donors (Lipinski definition) is 4. The summed E-state index contributed by atoms with van der Waals surface area (Å²) in [7, 11) is -4.92. The molecule has 0 fully saturated rings. The molecule has 0 aliphatic rings. The van der Waals surface area contributed by atoms with Gasteiger partial charge in [-0.2, -0.15) is 0 Å². The molecule has 0 aromatic carbocycles. The smallest absolute Gasteiger partial charge is 1.00 e. The monoisotopic (exact) mass is 194 g/mol. The maximum atomic E-state index is 10.2. The van der Waals surface area contributed by atoms with E-state index in [2.05, 4.69) is 9.31 Å². The number of rotatable bonds is 2. The molecule has 0 aliphatic carbocycles. The van der Waals surface area contributed by atoms with Crippen LogP contribution in [-0.2, 0) is 18.9 Å². The van der Waals surface area contributed by atoms with Crippen LogP contribution >= 0.6 is 0 Å². The molecule has 0 heterocycles. The van der Waals surface area contributed by atoms with Crippen molar-refractivity contribution >= 4 is 26.6 Å². The fourth-order valence-electron chi connectivity index (χ4n) is 0.288. The third kappa shape index (κ3) is 10.2. The molecule has 0 bridgehead atoms. The summed E-state index contributed by atoms with van der Waals surface area (Å²) in [6.45, 7) is 0. The molecule has 0 rings (SSSR count). The molecule has 0 spiro atoms. The van der Waals surface area contributed by atoms with Gasteiger partial charge in [-0.15, -0.1) is 0 Å². The average Bonchev–Trinajstić information content (AvgIpc) is 1.84. The van der Waals surface area contributed by atoms with Crippen LogP contribution in [0.3, 0.4) is 0 Å². The summed E-state index contributed by atoms with van der Waals surface area (Å²) in [4.78, 5) is 20.5. The van der Waals surface area contributed by atoms with Crippen molar-refractivity contribution in [2.24, 2.45) is 0 Å². The first-order chi connectivity index (χ1) is 5.43. The molecule has 8 nitrogen and oxygen atoms in total. The van der Waals surface area contributed by atoms with Gasteiger partial charge in [-0.25, -0.2) is 9.59 Å². The summed E-state index contributed by atoms with van der Waals surface area (Å²) in [6, 6.07) is 0. The molecule has 0 aromatic rings. The van der Waals surface area contributed by atoms with Crippen molar-refractivity contribution in [3.63, 3.8) is 0 Å². The summed E-state index contributed by atoms with van der Waals surface area (Å²) in [5, 5.41) is 31.9. The molecule has 0 saturated carbocycles. The minimum atomic E-state index is -2.46. The third-order valence-electron chi connectivity index (χ3n) is 0.592. The van der Waals surface area contributed by atoms with Gasteiger partial charge in [0.05, 0.1) is 0 Å². The van der Waals surface area contributed by atoms with E-state index in [0.717, 1.165) is 0 Å². The zero-order valence-corrected chi connectivity index (χ0v) is 7.58. The van der Waals surface area contributed by atoms with E-state index in [1.54, 1.807) is 0 Å². The van der Waals surface area contributed by atoms with Gasteiger partial charge in [0.25, 0.3) is 0 Å². The van der Waals surface area contributed by atoms with Crippen molar-refractivity contribution in [1.82, 2.24) is 0 Å². The molecule has 0 saturated heterocycles. The second kappa shape index (κ2) is 9.65. The molecule has 0 aromatic heterocycles. The molecule has 0 amide bonds. The SMILES string of the molecule is O=C(OB(O)O)C(=O)OB(O)O.[H-].[H-].[Li+].[Li+]. The van der Waals surface area contributed by atoms with E-state index in [1.165, 1.54) is 0 Å². The normalized spacial score (nSPS) is 7.43. The fraction of sp³-hybridized carbons (Fsp3) is 0. The van der Waals surface area contributed by atoms with Crippen LogP contribution in [0.5, 0.6) is 0 Å². The predicted molar refractivity (Wildman–Crippen MR) is 34.8 cm³/mol. The Kier molecular flexibility index (Phi) is 13.5. The Morgan fingerprint density at radius 3 is 1.21 bits per heavy atom. The van der Waals surface area contributed by atoms with E-state index in [1.807, 2.05) is 0 Å². The van der Waals surface area contributed by atoms with E-state index < -0.39 is 26.6 Å². The number of carbonyl (C=O) groups is 2. The molecular weight excluding hydrogens is 188 g/mol. The van der Waals surface area contributed by atoms with Crippen molar-refractivity contribution in [3.8, 4) is 0 Å². The van der Waals surface area contributed by atoms with Crippen LogP contribution < -0.4 is 37.7 Å². The van der Waals surface area contributed by atoms with Gasteiger partial charge < -0.3 is 32.3 Å². The Morgan fingerprint density at radius 1 is 0.857 bits per heavy atom. The zero-order valence-electron chi connectivity index (χ0n) is 9.58. The maximum Gasteiger partial charge on any atom is 1.00 e. The standard InChI is InChI=1S/C2H4B2O8.2Li.2H/c5-1(11-3(7)8)2(6)12-4(9)10;;;;/h7-10H;;;;/q;2*+1;2*-1. The van der Waals surface area contributed by atoms with E-state index in [-0.39, 0.29) is 40.6 Å². The first kappa shape index (κ1) is 19.6. The summed E-state index contributed by atoms with van der Waals surface area (Å²) >= 11 is 0. The largest absolute Gasteiger partial charge is 1.00 e. The Bertz CT molecular complexity index is 173. The summed E-state index contributed by atoms with van der Waals surface area (Å²) in [5.74, 6) is -3.50. The van der Waals surface area contributed by atoms with Gasteiger partial charge in [-0.3, -0.25) is 0 Å². The molecule has 4 N–H and O–H groups in total. The van der Waals surface area contributed by atoms with Gasteiger partial charge >= 0.3 is 64.3 Å². The molecule has 12 heteroatoms. The van der Waals surface area contributed by atoms with E-state index >= 15 is 0 Å². The minimum absolute atomic E-state index is 0. The van der Waals surface area contributed by atoms with E-state index in [0.29, 0.717) is 0 Å². The molecule has 0 radical (unpaired) electrons. The topological polar surface area (TPSA) is 134 Å². The predicted octanol–water partition coefficient (Wildman–Crippen LogP) is -9.76. The third-order valence-corrected chi connectivity index (χ3v) is 0.592. The van der Waals surface area contributed by atoms with Crippen LogP contribution in [0, 0.1) is 0 Å². The summed E-state index contributed by atoms with van der Waals surface area (Å²) < 4.78 is 6.98. The fourth-order valence-corrected chi connectivity index (χ4v) is 0.288. The summed E-state index contributed by atoms with van der Waals surface area (Å²) in [5.41, 5.74) is 0. The molecular formula is C2H6B2Li2O8. The second-order valence-corrected chi connectivity index (χ2v) is 1.46. The van der Waals surface area contributed by atoms with Crippen LogP contribution in [-0.4, -0.2) is 46.7 Å². The first-order valence-electron chi connectivity index (χ1n) is 2.57. The number of hydrogen-bond acceptors (Lipinski definition) is 8. The first-order valence-corrected chi connectivity index (χ1v) is 2.57. The van der Waals surface area contributed by atoms with Crippen LogP contribution in [0.15, 0.2) is 0 Å². The maximum absolute atomic E-state index is 10.2. The average molecular weight is 194 g/mol. The summed E-state index contributed by atoms with van der Waals surface area (Å²) in [6.07, 6.45) is 0. The van der Waals surface area contributed by atoms with Crippen LogP contribution in [0.25, 0.3) is 0 Å². The Labute approximate surface area is 106 Å². The quantitative estimate of drug-likeness (QED) is 0.251. The Balaban J connectivity index is -0.000000101. The van der Waals surface area contributed by atoms with Crippen molar-refractivity contribution in [2.75, 3.05) is 0 Å². The van der Waals surface area contributed by atoms with Gasteiger partial charge in [0, 0.05) is 0 Å². The Morgan fingerprint density at radius 2 is 1.07 bits per heavy atom. The van der Waals surface area contributed by atoms with Crippen molar-refractivity contribution in [2.45, 2.75) is 0 Å². The second-order valence-electron chi connectivity index (χ2n) is 1.46.